The normalized spacial score (nSPS) is 22.8. The molecule has 0 spiro atoms. The summed E-state index contributed by atoms with van der Waals surface area (Å²) in [5.41, 5.74) is 0.773. The minimum atomic E-state index is -0.473. The lowest BCUT2D eigenvalue weighted by Crippen LogP contribution is -2.08. The highest BCUT2D eigenvalue weighted by atomic mass is 32.1. The van der Waals surface area contributed by atoms with E-state index in [9.17, 15) is 9.90 Å². The second-order valence-electron chi connectivity index (χ2n) is 2.80. The summed E-state index contributed by atoms with van der Waals surface area (Å²) in [5, 5.41) is 14.2. The Morgan fingerprint density at radius 2 is 2.50 bits per heavy atom. The summed E-state index contributed by atoms with van der Waals surface area (Å²) in [5.74, 6) is -0.00815. The van der Waals surface area contributed by atoms with Crippen LogP contribution < -0.4 is 5.32 Å². The van der Waals surface area contributed by atoms with Gasteiger partial charge in [0.15, 0.2) is 0 Å². The molecule has 64 valence electrons. The van der Waals surface area contributed by atoms with E-state index in [1.54, 1.807) is 0 Å². The molecule has 0 bridgehead atoms. The van der Waals surface area contributed by atoms with Crippen LogP contribution in [0, 0.1) is 0 Å². The monoisotopic (exact) mass is 183 g/mol. The maximum atomic E-state index is 11.1. The molecule has 1 aliphatic heterocycles. The minimum Gasteiger partial charge on any atom is -0.387 e. The van der Waals surface area contributed by atoms with Gasteiger partial charge in [0.1, 0.15) is 0 Å². The third-order valence-electron chi connectivity index (χ3n) is 1.92. The lowest BCUT2D eigenvalue weighted by Gasteiger charge is -2.03. The maximum absolute atomic E-state index is 11.1. The van der Waals surface area contributed by atoms with Crippen LogP contribution in [0.5, 0.6) is 0 Å². The standard InChI is InChI=1S/C8H9NO2S/c10-6-1-2-7(11)9-5-3-4-12-8(5)6/h3-4,6,10H,1-2H2,(H,9,11)/t6-/m1/s1. The predicted octanol–water partition coefficient (Wildman–Crippen LogP) is 1.51. The molecule has 0 aliphatic carbocycles. The smallest absolute Gasteiger partial charge is 0.224 e. The Morgan fingerprint density at radius 3 is 3.33 bits per heavy atom. The van der Waals surface area contributed by atoms with Crippen molar-refractivity contribution in [1.82, 2.24) is 0 Å². The lowest BCUT2D eigenvalue weighted by atomic mass is 10.2. The fourth-order valence-electron chi connectivity index (χ4n) is 1.29. The van der Waals surface area contributed by atoms with E-state index in [-0.39, 0.29) is 5.91 Å². The highest BCUT2D eigenvalue weighted by Gasteiger charge is 2.20. The first kappa shape index (κ1) is 7.76. The molecular formula is C8H9NO2S. The quantitative estimate of drug-likeness (QED) is 0.640. The van der Waals surface area contributed by atoms with Crippen molar-refractivity contribution < 1.29 is 9.90 Å². The van der Waals surface area contributed by atoms with Crippen LogP contribution in [0.25, 0.3) is 0 Å². The van der Waals surface area contributed by atoms with Gasteiger partial charge in [0.2, 0.25) is 5.91 Å². The van der Waals surface area contributed by atoms with Crippen molar-refractivity contribution in [3.05, 3.63) is 16.3 Å². The van der Waals surface area contributed by atoms with E-state index in [1.807, 2.05) is 11.4 Å². The number of hydrogen-bond donors (Lipinski definition) is 2. The van der Waals surface area contributed by atoms with Crippen LogP contribution in [0.15, 0.2) is 11.4 Å². The second kappa shape index (κ2) is 2.88. The molecule has 1 aromatic rings. The Kier molecular flexibility index (Phi) is 1.86. The van der Waals surface area contributed by atoms with Gasteiger partial charge in [-0.1, -0.05) is 0 Å². The number of nitrogens with one attached hydrogen (secondary N) is 1. The summed E-state index contributed by atoms with van der Waals surface area (Å²) in [6.07, 6.45) is 0.459. The summed E-state index contributed by atoms with van der Waals surface area (Å²) >= 11 is 1.48. The van der Waals surface area contributed by atoms with Crippen molar-refractivity contribution in [2.45, 2.75) is 18.9 Å². The molecule has 4 heteroatoms. The number of carbonyl (C=O) groups is 1. The van der Waals surface area contributed by atoms with E-state index in [1.165, 1.54) is 11.3 Å². The van der Waals surface area contributed by atoms with E-state index in [4.69, 9.17) is 0 Å². The molecule has 0 saturated heterocycles. The number of carbonyl (C=O) groups excluding carboxylic acids is 1. The molecule has 0 radical (unpaired) electrons. The molecule has 2 rings (SSSR count). The topological polar surface area (TPSA) is 49.3 Å². The summed E-state index contributed by atoms with van der Waals surface area (Å²) in [6, 6.07) is 1.83. The van der Waals surface area contributed by atoms with Gasteiger partial charge in [-0.15, -0.1) is 11.3 Å². The van der Waals surface area contributed by atoms with E-state index < -0.39 is 6.10 Å². The van der Waals surface area contributed by atoms with Crippen molar-refractivity contribution in [1.29, 1.82) is 0 Å². The molecular weight excluding hydrogens is 174 g/mol. The number of amides is 1. The van der Waals surface area contributed by atoms with Crippen molar-refractivity contribution in [3.63, 3.8) is 0 Å². The number of thiophene rings is 1. The first-order valence-electron chi connectivity index (χ1n) is 3.82. The van der Waals surface area contributed by atoms with Gasteiger partial charge in [-0.3, -0.25) is 4.79 Å². The van der Waals surface area contributed by atoms with Gasteiger partial charge in [0.05, 0.1) is 16.7 Å². The third kappa shape index (κ3) is 1.23. The minimum absolute atomic E-state index is 0.00815. The molecule has 1 amide bonds. The van der Waals surface area contributed by atoms with Gasteiger partial charge in [-0.25, -0.2) is 0 Å². The van der Waals surface area contributed by atoms with E-state index in [0.717, 1.165) is 10.6 Å². The van der Waals surface area contributed by atoms with E-state index in [2.05, 4.69) is 5.32 Å². The van der Waals surface area contributed by atoms with Gasteiger partial charge in [-0.2, -0.15) is 0 Å². The van der Waals surface area contributed by atoms with Crippen molar-refractivity contribution in [2.75, 3.05) is 5.32 Å². The molecule has 0 fully saturated rings. The van der Waals surface area contributed by atoms with Crippen LogP contribution in [-0.2, 0) is 4.79 Å². The van der Waals surface area contributed by atoms with Crippen LogP contribution >= 0.6 is 11.3 Å². The molecule has 0 aromatic carbocycles. The number of aliphatic hydroxyl groups is 1. The van der Waals surface area contributed by atoms with Crippen LogP contribution in [0.3, 0.4) is 0 Å². The number of hydrogen-bond acceptors (Lipinski definition) is 3. The highest BCUT2D eigenvalue weighted by Crippen LogP contribution is 2.33. The molecule has 0 unspecified atom stereocenters. The van der Waals surface area contributed by atoms with Gasteiger partial charge < -0.3 is 10.4 Å². The Morgan fingerprint density at radius 1 is 1.67 bits per heavy atom. The average molecular weight is 183 g/mol. The Labute approximate surface area is 74.0 Å². The van der Waals surface area contributed by atoms with E-state index >= 15 is 0 Å². The summed E-state index contributed by atoms with van der Waals surface area (Å²) < 4.78 is 0. The first-order chi connectivity index (χ1) is 5.77. The zero-order valence-electron chi connectivity index (χ0n) is 6.41. The van der Waals surface area contributed by atoms with Crippen LogP contribution in [-0.4, -0.2) is 11.0 Å². The SMILES string of the molecule is O=C1CC[C@@H](O)c2sccc2N1. The molecule has 1 atom stereocenters. The predicted molar refractivity (Wildman–Crippen MR) is 47.1 cm³/mol. The fraction of sp³-hybridized carbons (Fsp3) is 0.375. The van der Waals surface area contributed by atoms with Gasteiger partial charge >= 0.3 is 0 Å². The Balaban J connectivity index is 2.38. The van der Waals surface area contributed by atoms with Crippen LogP contribution in [0.4, 0.5) is 5.69 Å². The first-order valence-corrected chi connectivity index (χ1v) is 4.70. The zero-order chi connectivity index (χ0) is 8.55. The van der Waals surface area contributed by atoms with Crippen molar-refractivity contribution >= 4 is 22.9 Å². The molecule has 1 aromatic heterocycles. The van der Waals surface area contributed by atoms with Crippen LogP contribution in [0.1, 0.15) is 23.8 Å². The zero-order valence-corrected chi connectivity index (χ0v) is 7.23. The highest BCUT2D eigenvalue weighted by molar-refractivity contribution is 7.10. The number of anilines is 1. The third-order valence-corrected chi connectivity index (χ3v) is 2.93. The molecule has 3 nitrogen and oxygen atoms in total. The molecule has 12 heavy (non-hydrogen) atoms. The van der Waals surface area contributed by atoms with Gasteiger partial charge in [0, 0.05) is 6.42 Å². The average Bonchev–Trinajstić information content (AvgIpc) is 2.44. The van der Waals surface area contributed by atoms with Crippen LogP contribution in [0.2, 0.25) is 0 Å². The second-order valence-corrected chi connectivity index (χ2v) is 3.75. The summed E-state index contributed by atoms with van der Waals surface area (Å²) in [4.78, 5) is 11.9. The van der Waals surface area contributed by atoms with Gasteiger partial charge in [0.25, 0.3) is 0 Å². The lowest BCUT2D eigenvalue weighted by molar-refractivity contribution is -0.116. The largest absolute Gasteiger partial charge is 0.387 e. The van der Waals surface area contributed by atoms with Crippen molar-refractivity contribution in [3.8, 4) is 0 Å². The number of rotatable bonds is 0. The Bertz CT molecular complexity index is 308. The Hall–Kier alpha value is -0.870. The summed E-state index contributed by atoms with van der Waals surface area (Å²) in [7, 11) is 0. The number of fused-ring (bicyclic) bond motifs is 1. The fourth-order valence-corrected chi connectivity index (χ4v) is 2.17. The van der Waals surface area contributed by atoms with Crippen molar-refractivity contribution in [2.24, 2.45) is 0 Å². The van der Waals surface area contributed by atoms with Gasteiger partial charge in [-0.05, 0) is 17.9 Å². The molecule has 2 N–H and O–H groups in total. The molecule has 1 aliphatic rings. The summed E-state index contributed by atoms with van der Waals surface area (Å²) in [6.45, 7) is 0. The molecule has 2 heterocycles. The van der Waals surface area contributed by atoms with E-state index in [0.29, 0.717) is 12.8 Å². The maximum Gasteiger partial charge on any atom is 0.224 e. The molecule has 0 saturated carbocycles. The number of aliphatic hydroxyl groups excluding tert-OH is 1.